The third-order valence-corrected chi connectivity index (χ3v) is 4.98. The number of aromatic nitrogens is 2. The molecule has 0 aliphatic carbocycles. The van der Waals surface area contributed by atoms with E-state index in [4.69, 9.17) is 0 Å². The average Bonchev–Trinajstić information content (AvgIpc) is 2.90. The Morgan fingerprint density at radius 1 is 1.13 bits per heavy atom. The summed E-state index contributed by atoms with van der Waals surface area (Å²) >= 11 is 0. The molecule has 2 N–H and O–H groups in total. The van der Waals surface area contributed by atoms with E-state index in [0.717, 1.165) is 22.4 Å². The molecular formula is C17H19N3O2S. The molecule has 0 amide bonds. The van der Waals surface area contributed by atoms with Crippen molar-refractivity contribution in [3.05, 3.63) is 53.9 Å². The van der Waals surface area contributed by atoms with Crippen molar-refractivity contribution in [1.82, 2.24) is 9.97 Å². The highest BCUT2D eigenvalue weighted by atomic mass is 32.2. The molecule has 0 spiro atoms. The zero-order valence-electron chi connectivity index (χ0n) is 13.3. The summed E-state index contributed by atoms with van der Waals surface area (Å²) in [6.07, 6.45) is 0. The van der Waals surface area contributed by atoms with Crippen LogP contribution in [0.1, 0.15) is 31.2 Å². The van der Waals surface area contributed by atoms with Crippen molar-refractivity contribution >= 4 is 26.7 Å². The van der Waals surface area contributed by atoms with Gasteiger partial charge in [0.2, 0.25) is 0 Å². The predicted molar refractivity (Wildman–Crippen MR) is 92.2 cm³/mol. The number of fused-ring (bicyclic) bond motifs is 1. The average molecular weight is 329 g/mol. The van der Waals surface area contributed by atoms with Crippen LogP contribution < -0.4 is 4.72 Å². The summed E-state index contributed by atoms with van der Waals surface area (Å²) in [5.41, 5.74) is 3.06. The van der Waals surface area contributed by atoms with Gasteiger partial charge in [-0.25, -0.2) is 13.4 Å². The van der Waals surface area contributed by atoms with Crippen LogP contribution >= 0.6 is 0 Å². The molecule has 5 nitrogen and oxygen atoms in total. The number of nitrogens with zero attached hydrogens (tertiary/aromatic N) is 1. The fraction of sp³-hybridized carbons (Fsp3) is 0.235. The van der Waals surface area contributed by atoms with Crippen molar-refractivity contribution in [2.24, 2.45) is 0 Å². The van der Waals surface area contributed by atoms with Gasteiger partial charge in [0.05, 0.1) is 21.6 Å². The summed E-state index contributed by atoms with van der Waals surface area (Å²) in [5, 5.41) is 0. The normalized spacial score (nSPS) is 12.0. The van der Waals surface area contributed by atoms with Crippen molar-refractivity contribution in [3.8, 4) is 0 Å². The van der Waals surface area contributed by atoms with Gasteiger partial charge in [-0.3, -0.25) is 4.72 Å². The van der Waals surface area contributed by atoms with Gasteiger partial charge in [-0.05, 0) is 42.8 Å². The van der Waals surface area contributed by atoms with Crippen molar-refractivity contribution in [3.63, 3.8) is 0 Å². The van der Waals surface area contributed by atoms with Crippen LogP contribution in [0.25, 0.3) is 11.0 Å². The lowest BCUT2D eigenvalue weighted by Crippen LogP contribution is -2.12. The summed E-state index contributed by atoms with van der Waals surface area (Å²) in [4.78, 5) is 7.97. The topological polar surface area (TPSA) is 74.8 Å². The molecule has 0 bridgehead atoms. The molecular weight excluding hydrogens is 310 g/mol. The maximum atomic E-state index is 12.5. The Labute approximate surface area is 135 Å². The molecule has 0 atom stereocenters. The van der Waals surface area contributed by atoms with Gasteiger partial charge in [0, 0.05) is 5.92 Å². The molecule has 1 aromatic heterocycles. The smallest absolute Gasteiger partial charge is 0.261 e. The molecule has 3 aromatic rings. The maximum Gasteiger partial charge on any atom is 0.261 e. The Morgan fingerprint density at radius 3 is 2.61 bits per heavy atom. The van der Waals surface area contributed by atoms with Gasteiger partial charge in [0.1, 0.15) is 5.82 Å². The minimum Gasteiger partial charge on any atom is -0.342 e. The largest absolute Gasteiger partial charge is 0.342 e. The monoisotopic (exact) mass is 329 g/mol. The third-order valence-electron chi connectivity index (χ3n) is 3.60. The van der Waals surface area contributed by atoms with Crippen LogP contribution in [0.15, 0.2) is 47.4 Å². The highest BCUT2D eigenvalue weighted by Crippen LogP contribution is 2.23. The second kappa shape index (κ2) is 5.70. The van der Waals surface area contributed by atoms with E-state index in [0.29, 0.717) is 5.69 Å². The number of aryl methyl sites for hydroxylation is 1. The molecule has 0 fully saturated rings. The Kier molecular flexibility index (Phi) is 3.85. The molecule has 120 valence electrons. The SMILES string of the molecule is Cc1cccc(S(=O)(=O)Nc2ccc3nc(C(C)C)[nH]c3c2)c1. The number of H-pyrrole nitrogens is 1. The summed E-state index contributed by atoms with van der Waals surface area (Å²) < 4.78 is 27.5. The zero-order valence-corrected chi connectivity index (χ0v) is 14.1. The number of imidazole rings is 1. The van der Waals surface area contributed by atoms with Gasteiger partial charge in [-0.2, -0.15) is 0 Å². The van der Waals surface area contributed by atoms with Gasteiger partial charge in [0.25, 0.3) is 10.0 Å². The van der Waals surface area contributed by atoms with Crippen LogP contribution in [0, 0.1) is 6.92 Å². The van der Waals surface area contributed by atoms with E-state index in [1.807, 2.05) is 19.1 Å². The van der Waals surface area contributed by atoms with Gasteiger partial charge in [-0.15, -0.1) is 0 Å². The second-order valence-electron chi connectivity index (χ2n) is 5.93. The predicted octanol–water partition coefficient (Wildman–Crippen LogP) is 3.80. The Balaban J connectivity index is 1.94. The van der Waals surface area contributed by atoms with Gasteiger partial charge < -0.3 is 4.98 Å². The van der Waals surface area contributed by atoms with E-state index < -0.39 is 10.0 Å². The number of anilines is 1. The van der Waals surface area contributed by atoms with Crippen LogP contribution in [-0.2, 0) is 10.0 Å². The number of nitrogens with one attached hydrogen (secondary N) is 2. The number of sulfonamides is 1. The summed E-state index contributed by atoms with van der Waals surface area (Å²) in [6, 6.07) is 12.1. The first-order valence-corrected chi connectivity index (χ1v) is 8.92. The van der Waals surface area contributed by atoms with E-state index in [1.165, 1.54) is 0 Å². The molecule has 0 unspecified atom stereocenters. The highest BCUT2D eigenvalue weighted by Gasteiger charge is 2.15. The Hall–Kier alpha value is -2.34. The lowest BCUT2D eigenvalue weighted by molar-refractivity contribution is 0.601. The molecule has 0 saturated heterocycles. The van der Waals surface area contributed by atoms with Crippen molar-refractivity contribution in [2.45, 2.75) is 31.6 Å². The quantitative estimate of drug-likeness (QED) is 0.764. The number of rotatable bonds is 4. The van der Waals surface area contributed by atoms with Crippen LogP contribution in [0.3, 0.4) is 0 Å². The lowest BCUT2D eigenvalue weighted by Gasteiger charge is -2.08. The molecule has 0 aliphatic heterocycles. The van der Waals surface area contributed by atoms with E-state index in [2.05, 4.69) is 28.5 Å². The summed E-state index contributed by atoms with van der Waals surface area (Å²) in [6.45, 7) is 5.97. The molecule has 0 saturated carbocycles. The van der Waals surface area contributed by atoms with E-state index in [-0.39, 0.29) is 10.8 Å². The van der Waals surface area contributed by atoms with Crippen LogP contribution in [0.4, 0.5) is 5.69 Å². The Morgan fingerprint density at radius 2 is 1.91 bits per heavy atom. The lowest BCUT2D eigenvalue weighted by atomic mass is 10.2. The maximum absolute atomic E-state index is 12.5. The molecule has 3 rings (SSSR count). The molecule has 0 aliphatic rings. The summed E-state index contributed by atoms with van der Waals surface area (Å²) in [7, 11) is -3.60. The van der Waals surface area contributed by atoms with Crippen molar-refractivity contribution in [2.75, 3.05) is 4.72 Å². The molecule has 2 aromatic carbocycles. The number of hydrogen-bond acceptors (Lipinski definition) is 3. The van der Waals surface area contributed by atoms with E-state index in [9.17, 15) is 8.42 Å². The van der Waals surface area contributed by atoms with Crippen molar-refractivity contribution in [1.29, 1.82) is 0 Å². The number of hydrogen-bond donors (Lipinski definition) is 2. The van der Waals surface area contributed by atoms with Gasteiger partial charge in [-0.1, -0.05) is 26.0 Å². The highest BCUT2D eigenvalue weighted by molar-refractivity contribution is 7.92. The molecule has 23 heavy (non-hydrogen) atoms. The fourth-order valence-corrected chi connectivity index (χ4v) is 3.52. The van der Waals surface area contributed by atoms with E-state index in [1.54, 1.807) is 30.3 Å². The van der Waals surface area contributed by atoms with Crippen LogP contribution in [0.2, 0.25) is 0 Å². The van der Waals surface area contributed by atoms with Gasteiger partial charge in [0.15, 0.2) is 0 Å². The Bertz CT molecular complexity index is 959. The molecule has 1 heterocycles. The van der Waals surface area contributed by atoms with Crippen LogP contribution in [-0.4, -0.2) is 18.4 Å². The fourth-order valence-electron chi connectivity index (χ4n) is 2.36. The van der Waals surface area contributed by atoms with Crippen LogP contribution in [0.5, 0.6) is 0 Å². The minimum absolute atomic E-state index is 0.255. The minimum atomic E-state index is -3.60. The van der Waals surface area contributed by atoms with Crippen molar-refractivity contribution < 1.29 is 8.42 Å². The zero-order chi connectivity index (χ0) is 16.6. The first-order valence-electron chi connectivity index (χ1n) is 7.44. The molecule has 0 radical (unpaired) electrons. The summed E-state index contributed by atoms with van der Waals surface area (Å²) in [5.74, 6) is 1.17. The number of benzene rings is 2. The van der Waals surface area contributed by atoms with E-state index >= 15 is 0 Å². The second-order valence-corrected chi connectivity index (χ2v) is 7.61. The standard InChI is InChI=1S/C17H19N3O2S/c1-11(2)17-18-15-8-7-13(10-16(15)19-17)20-23(21,22)14-6-4-5-12(3)9-14/h4-11,20H,1-3H3,(H,18,19). The first-order chi connectivity index (χ1) is 10.8. The number of aromatic amines is 1. The molecule has 6 heteroatoms. The first kappa shape index (κ1) is 15.6. The van der Waals surface area contributed by atoms with Gasteiger partial charge >= 0.3 is 0 Å². The third kappa shape index (κ3) is 3.22.